The van der Waals surface area contributed by atoms with Gasteiger partial charge in [0.25, 0.3) is 0 Å². The first-order valence-corrected chi connectivity index (χ1v) is 7.31. The van der Waals surface area contributed by atoms with Crippen molar-refractivity contribution in [3.8, 4) is 5.75 Å². The summed E-state index contributed by atoms with van der Waals surface area (Å²) in [6.07, 6.45) is 0. The van der Waals surface area contributed by atoms with Gasteiger partial charge in [0.15, 0.2) is 0 Å². The van der Waals surface area contributed by atoms with Crippen LogP contribution in [0.3, 0.4) is 0 Å². The standard InChI is InChI=1S/C15H23N3O3/c1-3-17-15(19)14-10-20-6-5-18(14)12-7-11(16)8-13(9-12)21-4-2/h7-9,14H,3-6,10,16H2,1-2H3,(H,17,19). The van der Waals surface area contributed by atoms with E-state index in [1.165, 1.54) is 0 Å². The molecule has 0 aromatic heterocycles. The topological polar surface area (TPSA) is 76.8 Å². The molecule has 1 fully saturated rings. The van der Waals surface area contributed by atoms with E-state index in [9.17, 15) is 4.79 Å². The molecule has 1 unspecified atom stereocenters. The molecular weight excluding hydrogens is 270 g/mol. The van der Waals surface area contributed by atoms with Crippen LogP contribution in [0.4, 0.5) is 11.4 Å². The summed E-state index contributed by atoms with van der Waals surface area (Å²) in [5.41, 5.74) is 7.45. The summed E-state index contributed by atoms with van der Waals surface area (Å²) in [5, 5.41) is 2.85. The van der Waals surface area contributed by atoms with Gasteiger partial charge in [-0.05, 0) is 19.9 Å². The van der Waals surface area contributed by atoms with E-state index >= 15 is 0 Å². The Morgan fingerprint density at radius 1 is 1.48 bits per heavy atom. The van der Waals surface area contributed by atoms with Crippen molar-refractivity contribution in [3.63, 3.8) is 0 Å². The Morgan fingerprint density at radius 2 is 2.29 bits per heavy atom. The molecule has 0 aliphatic carbocycles. The minimum atomic E-state index is -0.338. The van der Waals surface area contributed by atoms with Gasteiger partial charge in [-0.15, -0.1) is 0 Å². The molecule has 0 radical (unpaired) electrons. The highest BCUT2D eigenvalue weighted by molar-refractivity contribution is 5.86. The van der Waals surface area contributed by atoms with Gasteiger partial charge in [0, 0.05) is 36.6 Å². The molecule has 1 aromatic rings. The molecule has 3 N–H and O–H groups in total. The molecule has 1 atom stereocenters. The van der Waals surface area contributed by atoms with Gasteiger partial charge in [0.05, 0.1) is 19.8 Å². The van der Waals surface area contributed by atoms with Crippen molar-refractivity contribution in [1.82, 2.24) is 5.32 Å². The van der Waals surface area contributed by atoms with Gasteiger partial charge in [-0.1, -0.05) is 0 Å². The molecule has 6 heteroatoms. The van der Waals surface area contributed by atoms with Crippen LogP contribution in [0.25, 0.3) is 0 Å². The first-order chi connectivity index (χ1) is 10.2. The lowest BCUT2D eigenvalue weighted by atomic mass is 10.1. The number of anilines is 2. The Labute approximate surface area is 125 Å². The zero-order chi connectivity index (χ0) is 15.2. The van der Waals surface area contributed by atoms with Crippen LogP contribution in [0.2, 0.25) is 0 Å². The minimum Gasteiger partial charge on any atom is -0.494 e. The van der Waals surface area contributed by atoms with Gasteiger partial charge in [-0.2, -0.15) is 0 Å². The Morgan fingerprint density at radius 3 is 3.00 bits per heavy atom. The van der Waals surface area contributed by atoms with Crippen LogP contribution in [-0.2, 0) is 9.53 Å². The maximum absolute atomic E-state index is 12.2. The predicted octanol–water partition coefficient (Wildman–Crippen LogP) is 1.01. The summed E-state index contributed by atoms with van der Waals surface area (Å²) in [7, 11) is 0. The predicted molar refractivity (Wildman–Crippen MR) is 82.7 cm³/mol. The number of nitrogens with one attached hydrogen (secondary N) is 1. The average Bonchev–Trinajstić information content (AvgIpc) is 2.47. The summed E-state index contributed by atoms with van der Waals surface area (Å²) in [4.78, 5) is 14.2. The van der Waals surface area contributed by atoms with Crippen molar-refractivity contribution in [1.29, 1.82) is 0 Å². The highest BCUT2D eigenvalue weighted by Crippen LogP contribution is 2.28. The summed E-state index contributed by atoms with van der Waals surface area (Å²) in [5.74, 6) is 0.686. The summed E-state index contributed by atoms with van der Waals surface area (Å²) < 4.78 is 11.0. The number of likely N-dealkylation sites (N-methyl/N-ethyl adjacent to an activating group) is 1. The molecule has 0 spiro atoms. The van der Waals surface area contributed by atoms with Crippen LogP contribution in [0.15, 0.2) is 18.2 Å². The van der Waals surface area contributed by atoms with E-state index in [2.05, 4.69) is 5.32 Å². The third-order valence-electron chi connectivity index (χ3n) is 3.34. The largest absolute Gasteiger partial charge is 0.494 e. The Bertz CT molecular complexity index is 493. The summed E-state index contributed by atoms with van der Waals surface area (Å²) in [6, 6.07) is 5.22. The van der Waals surface area contributed by atoms with Crippen molar-refractivity contribution < 1.29 is 14.3 Å². The van der Waals surface area contributed by atoms with Crippen molar-refractivity contribution in [2.75, 3.05) is 43.5 Å². The van der Waals surface area contributed by atoms with E-state index in [4.69, 9.17) is 15.2 Å². The van der Waals surface area contributed by atoms with E-state index < -0.39 is 0 Å². The number of nitrogens with two attached hydrogens (primary N) is 1. The van der Waals surface area contributed by atoms with Gasteiger partial charge in [-0.3, -0.25) is 4.79 Å². The number of hydrogen-bond donors (Lipinski definition) is 2. The highest BCUT2D eigenvalue weighted by atomic mass is 16.5. The number of hydrogen-bond acceptors (Lipinski definition) is 5. The van der Waals surface area contributed by atoms with Crippen molar-refractivity contribution in [3.05, 3.63) is 18.2 Å². The van der Waals surface area contributed by atoms with E-state index in [1.807, 2.05) is 30.9 Å². The van der Waals surface area contributed by atoms with Gasteiger partial charge in [-0.25, -0.2) is 0 Å². The smallest absolute Gasteiger partial charge is 0.245 e. The lowest BCUT2D eigenvalue weighted by molar-refractivity contribution is -0.124. The molecule has 1 saturated heterocycles. The number of nitrogens with zero attached hydrogens (tertiary/aromatic N) is 1. The summed E-state index contributed by atoms with van der Waals surface area (Å²) in [6.45, 7) is 6.63. The third-order valence-corrected chi connectivity index (χ3v) is 3.34. The molecule has 2 rings (SSSR count). The van der Waals surface area contributed by atoms with E-state index in [0.717, 1.165) is 5.69 Å². The molecule has 0 saturated carbocycles. The van der Waals surface area contributed by atoms with Crippen LogP contribution in [0.5, 0.6) is 5.75 Å². The van der Waals surface area contributed by atoms with Crippen LogP contribution in [-0.4, -0.2) is 44.9 Å². The van der Waals surface area contributed by atoms with Crippen LogP contribution in [0.1, 0.15) is 13.8 Å². The number of morpholine rings is 1. The number of amides is 1. The molecule has 21 heavy (non-hydrogen) atoms. The molecule has 1 aliphatic rings. The molecule has 116 valence electrons. The maximum Gasteiger partial charge on any atom is 0.245 e. The molecule has 1 heterocycles. The van der Waals surface area contributed by atoms with Gasteiger partial charge in [0.1, 0.15) is 11.8 Å². The second-order valence-corrected chi connectivity index (χ2v) is 4.87. The average molecular weight is 293 g/mol. The third kappa shape index (κ3) is 3.78. The second-order valence-electron chi connectivity index (χ2n) is 4.87. The van der Waals surface area contributed by atoms with E-state index in [0.29, 0.717) is 44.3 Å². The van der Waals surface area contributed by atoms with E-state index in [1.54, 1.807) is 6.07 Å². The second kappa shape index (κ2) is 7.17. The molecule has 6 nitrogen and oxygen atoms in total. The molecular formula is C15H23N3O3. The Hall–Kier alpha value is -1.95. The zero-order valence-corrected chi connectivity index (χ0v) is 12.6. The monoisotopic (exact) mass is 293 g/mol. The molecule has 1 amide bonds. The Kier molecular flexibility index (Phi) is 5.27. The number of carbonyl (C=O) groups excluding carboxylic acids is 1. The maximum atomic E-state index is 12.2. The number of ether oxygens (including phenoxy) is 2. The first kappa shape index (κ1) is 15.4. The number of rotatable bonds is 5. The first-order valence-electron chi connectivity index (χ1n) is 7.31. The van der Waals surface area contributed by atoms with Gasteiger partial charge in [0.2, 0.25) is 5.91 Å². The molecule has 0 bridgehead atoms. The fraction of sp³-hybridized carbons (Fsp3) is 0.533. The zero-order valence-electron chi connectivity index (χ0n) is 12.6. The van der Waals surface area contributed by atoms with E-state index in [-0.39, 0.29) is 11.9 Å². The fourth-order valence-corrected chi connectivity index (χ4v) is 2.44. The van der Waals surface area contributed by atoms with Crippen LogP contribution < -0.4 is 20.7 Å². The quantitative estimate of drug-likeness (QED) is 0.792. The molecule has 1 aromatic carbocycles. The van der Waals surface area contributed by atoms with Crippen LogP contribution >= 0.6 is 0 Å². The normalized spacial score (nSPS) is 18.4. The van der Waals surface area contributed by atoms with Crippen molar-refractivity contribution in [2.45, 2.75) is 19.9 Å². The lowest BCUT2D eigenvalue weighted by Crippen LogP contribution is -2.54. The van der Waals surface area contributed by atoms with Gasteiger partial charge < -0.3 is 25.4 Å². The van der Waals surface area contributed by atoms with Crippen molar-refractivity contribution >= 4 is 17.3 Å². The van der Waals surface area contributed by atoms with Crippen LogP contribution in [0, 0.1) is 0 Å². The van der Waals surface area contributed by atoms with Gasteiger partial charge >= 0.3 is 0 Å². The fourth-order valence-electron chi connectivity index (χ4n) is 2.44. The minimum absolute atomic E-state index is 0.0300. The lowest BCUT2D eigenvalue weighted by Gasteiger charge is -2.36. The molecule has 1 aliphatic heterocycles. The number of nitrogen functional groups attached to an aromatic ring is 1. The van der Waals surface area contributed by atoms with Crippen molar-refractivity contribution in [2.24, 2.45) is 0 Å². The number of benzene rings is 1. The Balaban J connectivity index is 2.26. The summed E-state index contributed by atoms with van der Waals surface area (Å²) >= 11 is 0. The SMILES string of the molecule is CCNC(=O)C1COCCN1c1cc(N)cc(OCC)c1. The highest BCUT2D eigenvalue weighted by Gasteiger charge is 2.29. The number of carbonyl (C=O) groups is 1.